The Bertz CT molecular complexity index is 745. The lowest BCUT2D eigenvalue weighted by molar-refractivity contribution is -0.137. The van der Waals surface area contributed by atoms with Crippen molar-refractivity contribution in [2.45, 2.75) is 6.18 Å². The Labute approximate surface area is 140 Å². The van der Waals surface area contributed by atoms with Gasteiger partial charge in [0.25, 0.3) is 0 Å². The van der Waals surface area contributed by atoms with Gasteiger partial charge in [-0.05, 0) is 23.8 Å². The van der Waals surface area contributed by atoms with E-state index in [4.69, 9.17) is 17.3 Å². The lowest BCUT2D eigenvalue weighted by atomic mass is 10.1. The molecule has 120 valence electrons. The fraction of sp³-hybridized carbons (Fsp3) is 0.0714. The largest absolute Gasteiger partial charge is 0.417 e. The summed E-state index contributed by atoms with van der Waals surface area (Å²) in [7, 11) is 0. The maximum absolute atomic E-state index is 12.6. The predicted molar refractivity (Wildman–Crippen MR) is 87.2 cm³/mol. The molecule has 1 aromatic carbocycles. The van der Waals surface area contributed by atoms with Crippen LogP contribution in [0.15, 0.2) is 41.6 Å². The summed E-state index contributed by atoms with van der Waals surface area (Å²) in [6, 6.07) is 7.60. The highest BCUT2D eigenvalue weighted by Crippen LogP contribution is 2.33. The van der Waals surface area contributed by atoms with Gasteiger partial charge in [-0.2, -0.15) is 18.3 Å². The van der Waals surface area contributed by atoms with E-state index in [2.05, 4.69) is 27.7 Å². The van der Waals surface area contributed by atoms with Crippen LogP contribution < -0.4 is 11.2 Å². The first kappa shape index (κ1) is 17.2. The molecule has 1 heterocycles. The number of rotatable bonds is 3. The Morgan fingerprint density at radius 2 is 1.96 bits per heavy atom. The van der Waals surface area contributed by atoms with Gasteiger partial charge in [-0.1, -0.05) is 35.9 Å². The number of nitrogens with one attached hydrogen (secondary N) is 1. The number of alkyl halides is 3. The molecular formula is C14H10ClF3N4S. The van der Waals surface area contributed by atoms with Crippen LogP contribution in [0.2, 0.25) is 5.02 Å². The first-order valence-corrected chi connectivity index (χ1v) is 6.97. The third kappa shape index (κ3) is 4.64. The van der Waals surface area contributed by atoms with Crippen molar-refractivity contribution in [2.24, 2.45) is 10.8 Å². The highest BCUT2D eigenvalue weighted by molar-refractivity contribution is 7.80. The second kappa shape index (κ2) is 6.93. The molecule has 0 aliphatic heterocycles. The summed E-state index contributed by atoms with van der Waals surface area (Å²) in [6.07, 6.45) is -2.24. The second-order valence-corrected chi connectivity index (χ2v) is 5.26. The number of pyridine rings is 1. The Morgan fingerprint density at radius 3 is 2.48 bits per heavy atom. The van der Waals surface area contributed by atoms with Gasteiger partial charge in [-0.3, -0.25) is 10.4 Å². The van der Waals surface area contributed by atoms with Crippen LogP contribution in [0.4, 0.5) is 13.2 Å². The Hall–Kier alpha value is -2.19. The summed E-state index contributed by atoms with van der Waals surface area (Å²) in [5, 5.41) is 3.76. The third-order valence-electron chi connectivity index (χ3n) is 2.74. The van der Waals surface area contributed by atoms with E-state index in [1.165, 1.54) is 6.21 Å². The summed E-state index contributed by atoms with van der Waals surface area (Å²) >= 11 is 10.5. The van der Waals surface area contributed by atoms with Crippen LogP contribution >= 0.6 is 23.8 Å². The standard InChI is InChI=1S/C14H10ClF3N4S/c15-11-5-10(14(16,17)18)7-20-12(11)9-3-1-8(2-4-9)6-21-22-13(19)23/h1-7H,(H3,19,22,23). The van der Waals surface area contributed by atoms with Crippen molar-refractivity contribution in [1.29, 1.82) is 0 Å². The minimum atomic E-state index is -4.48. The normalized spacial score (nSPS) is 11.7. The van der Waals surface area contributed by atoms with Crippen LogP contribution in [0.25, 0.3) is 11.3 Å². The average Bonchev–Trinajstić information content (AvgIpc) is 2.47. The molecule has 23 heavy (non-hydrogen) atoms. The summed E-state index contributed by atoms with van der Waals surface area (Å²) in [5.74, 6) is 0. The molecule has 9 heteroatoms. The predicted octanol–water partition coefficient (Wildman–Crippen LogP) is 3.59. The molecule has 0 amide bonds. The van der Waals surface area contributed by atoms with Crippen molar-refractivity contribution in [2.75, 3.05) is 0 Å². The Morgan fingerprint density at radius 1 is 1.30 bits per heavy atom. The summed E-state index contributed by atoms with van der Waals surface area (Å²) in [4.78, 5) is 3.80. The van der Waals surface area contributed by atoms with E-state index < -0.39 is 11.7 Å². The number of nitrogens with zero attached hydrogens (tertiary/aromatic N) is 2. The first-order valence-electron chi connectivity index (χ1n) is 6.19. The fourth-order valence-electron chi connectivity index (χ4n) is 1.70. The SMILES string of the molecule is NC(=S)NN=Cc1ccc(-c2ncc(C(F)(F)F)cc2Cl)cc1. The lowest BCUT2D eigenvalue weighted by Gasteiger charge is -2.09. The van der Waals surface area contributed by atoms with E-state index in [0.717, 1.165) is 17.8 Å². The fourth-order valence-corrected chi connectivity index (χ4v) is 2.03. The van der Waals surface area contributed by atoms with E-state index in [1.807, 2.05) is 0 Å². The van der Waals surface area contributed by atoms with E-state index in [1.54, 1.807) is 24.3 Å². The number of halogens is 4. The molecule has 0 aliphatic rings. The number of benzene rings is 1. The van der Waals surface area contributed by atoms with Crippen molar-refractivity contribution in [1.82, 2.24) is 10.4 Å². The first-order chi connectivity index (χ1) is 10.8. The highest BCUT2D eigenvalue weighted by Gasteiger charge is 2.31. The summed E-state index contributed by atoms with van der Waals surface area (Å²) in [6.45, 7) is 0. The molecule has 0 spiro atoms. The second-order valence-electron chi connectivity index (χ2n) is 4.41. The molecule has 2 rings (SSSR count). The topological polar surface area (TPSA) is 63.3 Å². The number of thiocarbonyl (C=S) groups is 1. The van der Waals surface area contributed by atoms with Crippen molar-refractivity contribution in [3.8, 4) is 11.3 Å². The molecule has 0 saturated carbocycles. The van der Waals surface area contributed by atoms with Crippen LogP contribution in [0.3, 0.4) is 0 Å². The van der Waals surface area contributed by atoms with Gasteiger partial charge in [0, 0.05) is 11.8 Å². The maximum atomic E-state index is 12.6. The van der Waals surface area contributed by atoms with Crippen LogP contribution in [0.1, 0.15) is 11.1 Å². The third-order valence-corrected chi connectivity index (χ3v) is 3.12. The van der Waals surface area contributed by atoms with Gasteiger partial charge < -0.3 is 5.73 Å². The zero-order valence-electron chi connectivity index (χ0n) is 11.4. The van der Waals surface area contributed by atoms with E-state index in [-0.39, 0.29) is 15.8 Å². The molecule has 0 atom stereocenters. The smallest absolute Gasteiger partial charge is 0.375 e. The van der Waals surface area contributed by atoms with E-state index >= 15 is 0 Å². The quantitative estimate of drug-likeness (QED) is 0.500. The van der Waals surface area contributed by atoms with E-state index in [9.17, 15) is 13.2 Å². The van der Waals surface area contributed by atoms with Crippen molar-refractivity contribution in [3.63, 3.8) is 0 Å². The number of hydrazone groups is 1. The highest BCUT2D eigenvalue weighted by atomic mass is 35.5. The zero-order valence-corrected chi connectivity index (χ0v) is 13.0. The van der Waals surface area contributed by atoms with Gasteiger partial charge in [-0.25, -0.2) is 0 Å². The number of hydrogen-bond donors (Lipinski definition) is 2. The van der Waals surface area contributed by atoms with E-state index in [0.29, 0.717) is 5.56 Å². The van der Waals surface area contributed by atoms with Gasteiger partial charge in [0.2, 0.25) is 0 Å². The van der Waals surface area contributed by atoms with Gasteiger partial charge in [-0.15, -0.1) is 0 Å². The monoisotopic (exact) mass is 358 g/mol. The van der Waals surface area contributed by atoms with Crippen molar-refractivity contribution in [3.05, 3.63) is 52.7 Å². The van der Waals surface area contributed by atoms with Gasteiger partial charge >= 0.3 is 6.18 Å². The molecular weight excluding hydrogens is 349 g/mol. The molecule has 1 aromatic heterocycles. The number of aromatic nitrogens is 1. The van der Waals surface area contributed by atoms with Gasteiger partial charge in [0.1, 0.15) is 0 Å². The summed E-state index contributed by atoms with van der Waals surface area (Å²) < 4.78 is 37.8. The lowest BCUT2D eigenvalue weighted by Crippen LogP contribution is -2.23. The molecule has 2 aromatic rings. The van der Waals surface area contributed by atoms with Gasteiger partial charge in [0.15, 0.2) is 5.11 Å². The van der Waals surface area contributed by atoms with Crippen LogP contribution in [-0.4, -0.2) is 16.3 Å². The Balaban J connectivity index is 2.23. The zero-order chi connectivity index (χ0) is 17.0. The maximum Gasteiger partial charge on any atom is 0.417 e. The van der Waals surface area contributed by atoms with Crippen LogP contribution in [0.5, 0.6) is 0 Å². The summed E-state index contributed by atoms with van der Waals surface area (Å²) in [5.41, 5.74) is 8.33. The van der Waals surface area contributed by atoms with Crippen LogP contribution in [-0.2, 0) is 6.18 Å². The molecule has 0 unspecified atom stereocenters. The molecule has 0 radical (unpaired) electrons. The number of nitrogens with two attached hydrogens (primary N) is 1. The number of hydrogen-bond acceptors (Lipinski definition) is 3. The Kier molecular flexibility index (Phi) is 5.17. The minimum Gasteiger partial charge on any atom is -0.375 e. The van der Waals surface area contributed by atoms with Crippen molar-refractivity contribution < 1.29 is 13.2 Å². The molecule has 0 bridgehead atoms. The molecule has 3 N–H and O–H groups in total. The average molecular weight is 359 g/mol. The van der Waals surface area contributed by atoms with Crippen molar-refractivity contribution >= 4 is 35.1 Å². The van der Waals surface area contributed by atoms with Gasteiger partial charge in [0.05, 0.1) is 22.5 Å². The molecule has 0 fully saturated rings. The minimum absolute atomic E-state index is 0.0404. The van der Waals surface area contributed by atoms with Crippen LogP contribution in [0, 0.1) is 0 Å². The molecule has 0 aliphatic carbocycles. The molecule has 0 saturated heterocycles. The molecule has 4 nitrogen and oxygen atoms in total.